The van der Waals surface area contributed by atoms with E-state index in [1.165, 1.54) is 4.88 Å². The molecule has 0 aromatic carbocycles. The Labute approximate surface area is 156 Å². The number of hydrogen-bond acceptors (Lipinski definition) is 3. The first kappa shape index (κ1) is 21.7. The average Bonchev–Trinajstić information content (AvgIpc) is 2.95. The van der Waals surface area contributed by atoms with Crippen LogP contribution >= 0.6 is 35.3 Å². The second kappa shape index (κ2) is 11.2. The summed E-state index contributed by atoms with van der Waals surface area (Å²) in [6.45, 7) is 10.3. The van der Waals surface area contributed by atoms with Crippen LogP contribution in [0.5, 0.6) is 0 Å². The molecule has 0 amide bonds. The van der Waals surface area contributed by atoms with Crippen molar-refractivity contribution in [2.75, 3.05) is 40.3 Å². The van der Waals surface area contributed by atoms with Gasteiger partial charge in [-0.05, 0) is 45.4 Å². The molecule has 1 aromatic heterocycles. The molecule has 0 aliphatic heterocycles. The molecule has 6 heteroatoms. The maximum Gasteiger partial charge on any atom is 0.191 e. The molecule has 0 saturated heterocycles. The Morgan fingerprint density at radius 1 is 1.32 bits per heavy atom. The minimum atomic E-state index is 0. The Kier molecular flexibility index (Phi) is 11.1. The number of halogens is 1. The molecule has 0 aliphatic rings. The molecule has 4 nitrogen and oxygen atoms in total. The van der Waals surface area contributed by atoms with Crippen LogP contribution in [0, 0.1) is 0 Å². The first-order chi connectivity index (χ1) is 9.95. The van der Waals surface area contributed by atoms with Gasteiger partial charge < -0.3 is 15.5 Å². The first-order valence-corrected chi connectivity index (χ1v) is 8.54. The minimum Gasteiger partial charge on any atom is -0.357 e. The highest BCUT2D eigenvalue weighted by Crippen LogP contribution is 2.27. The van der Waals surface area contributed by atoms with Gasteiger partial charge in [-0.2, -0.15) is 0 Å². The molecule has 0 fully saturated rings. The maximum atomic E-state index is 4.75. The van der Waals surface area contributed by atoms with Gasteiger partial charge in [-0.1, -0.05) is 19.9 Å². The van der Waals surface area contributed by atoms with E-state index in [1.54, 1.807) is 11.3 Å². The van der Waals surface area contributed by atoms with Crippen molar-refractivity contribution in [1.82, 2.24) is 15.5 Å². The normalized spacial score (nSPS) is 12.2. The molecular formula is C16H31IN4S. The van der Waals surface area contributed by atoms with Crippen molar-refractivity contribution in [1.29, 1.82) is 0 Å². The molecule has 2 N–H and O–H groups in total. The van der Waals surface area contributed by atoms with Crippen LogP contribution in [0.3, 0.4) is 0 Å². The Hall–Kier alpha value is -0.340. The average molecular weight is 438 g/mol. The predicted molar refractivity (Wildman–Crippen MR) is 110 cm³/mol. The number of nitrogens with one attached hydrogen (secondary N) is 2. The highest BCUT2D eigenvalue weighted by Gasteiger charge is 2.21. The molecule has 128 valence electrons. The van der Waals surface area contributed by atoms with Crippen LogP contribution in [-0.4, -0.2) is 51.1 Å². The molecule has 0 aliphatic carbocycles. The fraction of sp³-hybridized carbons (Fsp3) is 0.688. The SMILES string of the molecule is CCNC(=NCC(C)(C)c1cccs1)NCCCN(C)C.I. The largest absolute Gasteiger partial charge is 0.357 e. The van der Waals surface area contributed by atoms with Crippen molar-refractivity contribution in [2.24, 2.45) is 4.99 Å². The number of thiophene rings is 1. The fourth-order valence-electron chi connectivity index (χ4n) is 1.96. The first-order valence-electron chi connectivity index (χ1n) is 7.66. The maximum absolute atomic E-state index is 4.75. The summed E-state index contributed by atoms with van der Waals surface area (Å²) in [5.74, 6) is 0.917. The van der Waals surface area contributed by atoms with Crippen molar-refractivity contribution in [3.63, 3.8) is 0 Å². The van der Waals surface area contributed by atoms with E-state index in [0.717, 1.165) is 38.6 Å². The summed E-state index contributed by atoms with van der Waals surface area (Å²) < 4.78 is 0. The molecular weight excluding hydrogens is 407 g/mol. The third-order valence-corrected chi connectivity index (χ3v) is 4.48. The summed E-state index contributed by atoms with van der Waals surface area (Å²) in [7, 11) is 4.20. The number of hydrogen-bond donors (Lipinski definition) is 2. The lowest BCUT2D eigenvalue weighted by atomic mass is 9.92. The summed E-state index contributed by atoms with van der Waals surface area (Å²) in [5.41, 5.74) is 0.0835. The van der Waals surface area contributed by atoms with Crippen LogP contribution in [0.1, 0.15) is 32.1 Å². The van der Waals surface area contributed by atoms with Crippen LogP contribution in [0.2, 0.25) is 0 Å². The van der Waals surface area contributed by atoms with E-state index in [4.69, 9.17) is 4.99 Å². The van der Waals surface area contributed by atoms with Gasteiger partial charge in [0.15, 0.2) is 5.96 Å². The molecule has 1 aromatic rings. The summed E-state index contributed by atoms with van der Waals surface area (Å²) in [6, 6.07) is 4.30. The Morgan fingerprint density at radius 3 is 2.59 bits per heavy atom. The monoisotopic (exact) mass is 438 g/mol. The molecule has 22 heavy (non-hydrogen) atoms. The van der Waals surface area contributed by atoms with Gasteiger partial charge in [0.1, 0.15) is 0 Å². The fourth-order valence-corrected chi connectivity index (χ4v) is 2.81. The second-order valence-corrected chi connectivity index (χ2v) is 7.09. The molecule has 0 spiro atoms. The third kappa shape index (κ3) is 8.33. The molecule has 0 bridgehead atoms. The lowest BCUT2D eigenvalue weighted by Crippen LogP contribution is -2.39. The van der Waals surface area contributed by atoms with Gasteiger partial charge in [-0.25, -0.2) is 0 Å². The van der Waals surface area contributed by atoms with Gasteiger partial charge in [0.25, 0.3) is 0 Å². The van der Waals surface area contributed by atoms with Gasteiger partial charge in [-0.3, -0.25) is 4.99 Å². The van der Waals surface area contributed by atoms with Crippen molar-refractivity contribution in [2.45, 2.75) is 32.6 Å². The number of rotatable bonds is 8. The Bertz CT molecular complexity index is 416. The standard InChI is InChI=1S/C16H30N4S.HI/c1-6-17-15(18-10-8-11-20(4)5)19-13-16(2,3)14-9-7-12-21-14;/h7,9,12H,6,8,10-11,13H2,1-5H3,(H2,17,18,19);1H. The number of guanidine groups is 1. The molecule has 1 heterocycles. The summed E-state index contributed by atoms with van der Waals surface area (Å²) in [4.78, 5) is 8.33. The van der Waals surface area contributed by atoms with Gasteiger partial charge in [0.2, 0.25) is 0 Å². The second-order valence-electron chi connectivity index (χ2n) is 6.14. The van der Waals surface area contributed by atoms with Crippen LogP contribution in [0.25, 0.3) is 0 Å². The summed E-state index contributed by atoms with van der Waals surface area (Å²) >= 11 is 1.80. The minimum absolute atomic E-state index is 0. The van der Waals surface area contributed by atoms with Crippen molar-refractivity contribution >= 4 is 41.3 Å². The van der Waals surface area contributed by atoms with E-state index < -0.39 is 0 Å². The van der Waals surface area contributed by atoms with Crippen molar-refractivity contribution in [3.8, 4) is 0 Å². The topological polar surface area (TPSA) is 39.7 Å². The molecule has 0 saturated carbocycles. The van der Waals surface area contributed by atoms with E-state index in [2.05, 4.69) is 67.9 Å². The Morgan fingerprint density at radius 2 is 2.05 bits per heavy atom. The van der Waals surface area contributed by atoms with E-state index in [0.29, 0.717) is 0 Å². The molecule has 0 radical (unpaired) electrons. The third-order valence-electron chi connectivity index (χ3n) is 3.24. The van der Waals surface area contributed by atoms with Crippen LogP contribution < -0.4 is 10.6 Å². The summed E-state index contributed by atoms with van der Waals surface area (Å²) in [5, 5.41) is 8.86. The van der Waals surface area contributed by atoms with Crippen molar-refractivity contribution < 1.29 is 0 Å². The highest BCUT2D eigenvalue weighted by atomic mass is 127. The van der Waals surface area contributed by atoms with Crippen LogP contribution in [-0.2, 0) is 5.41 Å². The van der Waals surface area contributed by atoms with Crippen LogP contribution in [0.4, 0.5) is 0 Å². The van der Waals surface area contributed by atoms with Gasteiger partial charge in [-0.15, -0.1) is 35.3 Å². The summed E-state index contributed by atoms with van der Waals surface area (Å²) in [6.07, 6.45) is 1.12. The zero-order chi connectivity index (χ0) is 15.7. The van der Waals surface area contributed by atoms with E-state index in [-0.39, 0.29) is 29.4 Å². The number of aliphatic imine (C=N–C) groups is 1. The van der Waals surface area contributed by atoms with Crippen molar-refractivity contribution in [3.05, 3.63) is 22.4 Å². The quantitative estimate of drug-likeness (QED) is 0.284. The van der Waals surface area contributed by atoms with E-state index in [9.17, 15) is 0 Å². The predicted octanol–water partition coefficient (Wildman–Crippen LogP) is 3.15. The lowest BCUT2D eigenvalue weighted by Gasteiger charge is -2.22. The zero-order valence-electron chi connectivity index (χ0n) is 14.5. The van der Waals surface area contributed by atoms with Gasteiger partial charge >= 0.3 is 0 Å². The van der Waals surface area contributed by atoms with E-state index in [1.807, 2.05) is 0 Å². The molecule has 0 unspecified atom stereocenters. The highest BCUT2D eigenvalue weighted by molar-refractivity contribution is 14.0. The molecule has 0 atom stereocenters. The number of nitrogens with zero attached hydrogens (tertiary/aromatic N) is 2. The zero-order valence-corrected chi connectivity index (χ0v) is 17.6. The van der Waals surface area contributed by atoms with Crippen LogP contribution in [0.15, 0.2) is 22.5 Å². The lowest BCUT2D eigenvalue weighted by molar-refractivity contribution is 0.399. The van der Waals surface area contributed by atoms with Gasteiger partial charge in [0.05, 0.1) is 6.54 Å². The smallest absolute Gasteiger partial charge is 0.191 e. The van der Waals surface area contributed by atoms with E-state index >= 15 is 0 Å². The van der Waals surface area contributed by atoms with Gasteiger partial charge in [0, 0.05) is 23.4 Å². The Balaban J connectivity index is 0.00000441. The molecule has 1 rings (SSSR count).